The predicted molar refractivity (Wildman–Crippen MR) is 125 cm³/mol. The number of guanidine groups is 1. The SMILES string of the molecule is CCNC(=NCC(O)c1cc(OC)ccc1OC)NCCCn1ccc2ccccc21. The molecule has 0 aliphatic rings. The maximum Gasteiger partial charge on any atom is 0.191 e. The number of aryl methyl sites for hydroxylation is 1. The Labute approximate surface area is 183 Å². The number of benzene rings is 2. The van der Waals surface area contributed by atoms with Gasteiger partial charge in [0.25, 0.3) is 0 Å². The van der Waals surface area contributed by atoms with E-state index in [0.29, 0.717) is 23.0 Å². The van der Waals surface area contributed by atoms with E-state index in [1.165, 1.54) is 10.9 Å². The molecule has 0 bridgehead atoms. The van der Waals surface area contributed by atoms with E-state index in [0.717, 1.165) is 26.1 Å². The van der Waals surface area contributed by atoms with Crippen molar-refractivity contribution in [3.63, 3.8) is 0 Å². The van der Waals surface area contributed by atoms with Crippen LogP contribution in [0.3, 0.4) is 0 Å². The lowest BCUT2D eigenvalue weighted by molar-refractivity contribution is 0.182. The molecular weight excluding hydrogens is 392 g/mol. The van der Waals surface area contributed by atoms with Crippen LogP contribution in [0.4, 0.5) is 0 Å². The number of rotatable bonds is 10. The van der Waals surface area contributed by atoms with Crippen LogP contribution in [0.1, 0.15) is 25.0 Å². The van der Waals surface area contributed by atoms with Crippen molar-refractivity contribution in [3.8, 4) is 11.5 Å². The number of methoxy groups -OCH3 is 2. The number of nitrogens with zero attached hydrogens (tertiary/aromatic N) is 2. The van der Waals surface area contributed by atoms with Gasteiger partial charge in [-0.1, -0.05) is 18.2 Å². The number of nitrogens with one attached hydrogen (secondary N) is 2. The number of aliphatic imine (C=N–C) groups is 1. The lowest BCUT2D eigenvalue weighted by Crippen LogP contribution is -2.38. The highest BCUT2D eigenvalue weighted by molar-refractivity contribution is 5.80. The van der Waals surface area contributed by atoms with Crippen LogP contribution >= 0.6 is 0 Å². The average Bonchev–Trinajstić information content (AvgIpc) is 3.22. The van der Waals surface area contributed by atoms with E-state index in [9.17, 15) is 5.11 Å². The van der Waals surface area contributed by atoms with Gasteiger partial charge in [0.05, 0.1) is 20.8 Å². The van der Waals surface area contributed by atoms with Gasteiger partial charge in [-0.05, 0) is 49.1 Å². The van der Waals surface area contributed by atoms with Gasteiger partial charge in [-0.2, -0.15) is 0 Å². The summed E-state index contributed by atoms with van der Waals surface area (Å²) in [5, 5.41) is 18.5. The number of fused-ring (bicyclic) bond motifs is 1. The number of aromatic nitrogens is 1. The molecule has 2 aromatic carbocycles. The first-order valence-corrected chi connectivity index (χ1v) is 10.6. The van der Waals surface area contributed by atoms with Crippen molar-refractivity contribution in [1.82, 2.24) is 15.2 Å². The van der Waals surface area contributed by atoms with Crippen LogP contribution in [0.2, 0.25) is 0 Å². The molecule has 31 heavy (non-hydrogen) atoms. The number of hydrogen-bond acceptors (Lipinski definition) is 4. The molecule has 1 atom stereocenters. The van der Waals surface area contributed by atoms with Crippen molar-refractivity contribution in [2.24, 2.45) is 4.99 Å². The third kappa shape index (κ3) is 5.92. The molecule has 0 saturated heterocycles. The summed E-state index contributed by atoms with van der Waals surface area (Å²) in [5.41, 5.74) is 1.90. The van der Waals surface area contributed by atoms with E-state index in [-0.39, 0.29) is 6.54 Å². The van der Waals surface area contributed by atoms with Gasteiger partial charge < -0.3 is 29.8 Å². The summed E-state index contributed by atoms with van der Waals surface area (Å²) in [6.45, 7) is 4.67. The number of hydrogen-bond donors (Lipinski definition) is 3. The fourth-order valence-corrected chi connectivity index (χ4v) is 3.51. The van der Waals surface area contributed by atoms with Gasteiger partial charge in [-0.3, -0.25) is 4.99 Å². The summed E-state index contributed by atoms with van der Waals surface area (Å²) >= 11 is 0. The van der Waals surface area contributed by atoms with Gasteiger partial charge in [0.15, 0.2) is 5.96 Å². The summed E-state index contributed by atoms with van der Waals surface area (Å²) < 4.78 is 12.9. The Morgan fingerprint density at radius 2 is 1.94 bits per heavy atom. The first kappa shape index (κ1) is 22.5. The molecule has 0 aliphatic heterocycles. The molecule has 7 heteroatoms. The third-order valence-corrected chi connectivity index (χ3v) is 5.11. The van der Waals surface area contributed by atoms with Crippen LogP contribution in [-0.4, -0.2) is 49.5 Å². The van der Waals surface area contributed by atoms with Crippen molar-refractivity contribution in [3.05, 3.63) is 60.3 Å². The van der Waals surface area contributed by atoms with Crippen molar-refractivity contribution in [2.45, 2.75) is 26.0 Å². The van der Waals surface area contributed by atoms with Crippen molar-refractivity contribution in [2.75, 3.05) is 33.9 Å². The van der Waals surface area contributed by atoms with Gasteiger partial charge in [0.2, 0.25) is 0 Å². The molecule has 1 heterocycles. The number of aliphatic hydroxyl groups excluding tert-OH is 1. The Hall–Kier alpha value is -3.19. The molecule has 3 aromatic rings. The minimum atomic E-state index is -0.799. The molecular formula is C24H32N4O3. The normalized spacial score (nSPS) is 12.6. The average molecular weight is 425 g/mol. The fourth-order valence-electron chi connectivity index (χ4n) is 3.51. The van der Waals surface area contributed by atoms with Gasteiger partial charge in [-0.15, -0.1) is 0 Å². The molecule has 3 N–H and O–H groups in total. The van der Waals surface area contributed by atoms with Gasteiger partial charge >= 0.3 is 0 Å². The lowest BCUT2D eigenvalue weighted by atomic mass is 10.1. The van der Waals surface area contributed by atoms with Crippen LogP contribution in [0, 0.1) is 0 Å². The molecule has 1 aromatic heterocycles. The van der Waals surface area contributed by atoms with E-state index in [2.05, 4.69) is 56.7 Å². The monoisotopic (exact) mass is 424 g/mol. The molecule has 0 spiro atoms. The van der Waals surface area contributed by atoms with Crippen LogP contribution in [0.25, 0.3) is 10.9 Å². The minimum Gasteiger partial charge on any atom is -0.497 e. The number of aliphatic hydroxyl groups is 1. The largest absolute Gasteiger partial charge is 0.497 e. The molecule has 0 fully saturated rings. The van der Waals surface area contributed by atoms with E-state index < -0.39 is 6.10 Å². The Morgan fingerprint density at radius 1 is 1.10 bits per heavy atom. The molecule has 0 aliphatic carbocycles. The second-order valence-electron chi connectivity index (χ2n) is 7.19. The van der Waals surface area contributed by atoms with Crippen molar-refractivity contribution >= 4 is 16.9 Å². The zero-order valence-electron chi connectivity index (χ0n) is 18.5. The first-order chi connectivity index (χ1) is 15.2. The highest BCUT2D eigenvalue weighted by Gasteiger charge is 2.14. The molecule has 0 amide bonds. The quantitative estimate of drug-likeness (QED) is 0.264. The smallest absolute Gasteiger partial charge is 0.191 e. The summed E-state index contributed by atoms with van der Waals surface area (Å²) in [5.74, 6) is 1.96. The lowest BCUT2D eigenvalue weighted by Gasteiger charge is -2.16. The van der Waals surface area contributed by atoms with Gasteiger partial charge in [0.1, 0.15) is 17.6 Å². The zero-order valence-corrected chi connectivity index (χ0v) is 18.5. The van der Waals surface area contributed by atoms with E-state index in [4.69, 9.17) is 9.47 Å². The minimum absolute atomic E-state index is 0.209. The molecule has 0 saturated carbocycles. The number of para-hydroxylation sites is 1. The predicted octanol–water partition coefficient (Wildman–Crippen LogP) is 3.34. The van der Waals surface area contributed by atoms with E-state index >= 15 is 0 Å². The summed E-state index contributed by atoms with van der Waals surface area (Å²) in [7, 11) is 3.18. The standard InChI is InChI=1S/C24H32N4O3/c1-4-25-24(26-13-7-14-28-15-12-18-8-5-6-9-21(18)28)27-17-22(29)20-16-19(30-2)10-11-23(20)31-3/h5-6,8-12,15-16,22,29H,4,7,13-14,17H2,1-3H3,(H2,25,26,27). The molecule has 0 radical (unpaired) electrons. The Bertz CT molecular complexity index is 999. The zero-order chi connectivity index (χ0) is 22.1. The maximum absolute atomic E-state index is 10.7. The summed E-state index contributed by atoms with van der Waals surface area (Å²) in [4.78, 5) is 4.55. The van der Waals surface area contributed by atoms with E-state index in [1.807, 2.05) is 6.92 Å². The van der Waals surface area contributed by atoms with Crippen molar-refractivity contribution in [1.29, 1.82) is 0 Å². The van der Waals surface area contributed by atoms with Gasteiger partial charge in [0, 0.05) is 36.9 Å². The van der Waals surface area contributed by atoms with Crippen LogP contribution in [0.5, 0.6) is 11.5 Å². The van der Waals surface area contributed by atoms with Crippen LogP contribution in [-0.2, 0) is 6.54 Å². The number of ether oxygens (including phenoxy) is 2. The Morgan fingerprint density at radius 3 is 2.71 bits per heavy atom. The van der Waals surface area contributed by atoms with Crippen LogP contribution < -0.4 is 20.1 Å². The van der Waals surface area contributed by atoms with E-state index in [1.54, 1.807) is 32.4 Å². The first-order valence-electron chi connectivity index (χ1n) is 10.6. The third-order valence-electron chi connectivity index (χ3n) is 5.11. The second-order valence-corrected chi connectivity index (χ2v) is 7.19. The van der Waals surface area contributed by atoms with Crippen molar-refractivity contribution < 1.29 is 14.6 Å². The maximum atomic E-state index is 10.7. The second kappa shape index (κ2) is 11.3. The Balaban J connectivity index is 1.56. The fraction of sp³-hybridized carbons (Fsp3) is 0.375. The summed E-state index contributed by atoms with van der Waals surface area (Å²) in [6.07, 6.45) is 2.28. The molecule has 3 rings (SSSR count). The van der Waals surface area contributed by atoms with Crippen LogP contribution in [0.15, 0.2) is 59.7 Å². The molecule has 166 valence electrons. The topological polar surface area (TPSA) is 80.0 Å². The Kier molecular flexibility index (Phi) is 8.18. The van der Waals surface area contributed by atoms with Gasteiger partial charge in [-0.25, -0.2) is 0 Å². The molecule has 1 unspecified atom stereocenters. The molecule has 7 nitrogen and oxygen atoms in total. The highest BCUT2D eigenvalue weighted by Crippen LogP contribution is 2.29. The highest BCUT2D eigenvalue weighted by atomic mass is 16.5. The summed E-state index contributed by atoms with van der Waals surface area (Å²) in [6, 6.07) is 15.9.